The Labute approximate surface area is 194 Å². The van der Waals surface area contributed by atoms with Crippen LogP contribution in [-0.2, 0) is 17.0 Å². The highest BCUT2D eigenvalue weighted by molar-refractivity contribution is 7.98. The van der Waals surface area contributed by atoms with Crippen molar-refractivity contribution in [1.29, 1.82) is 0 Å². The molecule has 1 fully saturated rings. The van der Waals surface area contributed by atoms with Gasteiger partial charge in [-0.15, -0.1) is 0 Å². The number of H-pyrrole nitrogens is 1. The molecule has 0 bridgehead atoms. The van der Waals surface area contributed by atoms with Crippen molar-refractivity contribution in [2.24, 2.45) is 0 Å². The van der Waals surface area contributed by atoms with Crippen LogP contribution >= 0.6 is 23.4 Å². The van der Waals surface area contributed by atoms with Gasteiger partial charge in [-0.2, -0.15) is 0 Å². The van der Waals surface area contributed by atoms with Crippen molar-refractivity contribution in [3.8, 4) is 0 Å². The van der Waals surface area contributed by atoms with Crippen LogP contribution in [0.2, 0.25) is 5.02 Å². The van der Waals surface area contributed by atoms with E-state index in [4.69, 9.17) is 11.6 Å². The number of benzene rings is 2. The van der Waals surface area contributed by atoms with Gasteiger partial charge in [0.1, 0.15) is 5.82 Å². The Morgan fingerprint density at radius 3 is 2.56 bits per heavy atom. The standard InChI is InChI=1S/C23H22ClFN4O2S/c24-17-3-1-2-16(12-17)15-32-23-26-19(13-21(30)27-23)14-22(31)29-10-8-28(9-11-29)20-6-4-18(25)5-7-20/h1-7,12-13H,8-11,14-15H2,(H,26,27,30). The van der Waals surface area contributed by atoms with E-state index in [1.165, 1.54) is 30.0 Å². The fourth-order valence-corrected chi connectivity index (χ4v) is 4.60. The van der Waals surface area contributed by atoms with Gasteiger partial charge in [0.15, 0.2) is 5.16 Å². The molecule has 1 N–H and O–H groups in total. The summed E-state index contributed by atoms with van der Waals surface area (Å²) in [7, 11) is 0. The summed E-state index contributed by atoms with van der Waals surface area (Å²) in [5, 5.41) is 1.13. The number of rotatable bonds is 6. The number of halogens is 2. The van der Waals surface area contributed by atoms with Gasteiger partial charge in [0.05, 0.1) is 12.1 Å². The molecule has 4 rings (SSSR count). The zero-order valence-electron chi connectivity index (χ0n) is 17.3. The smallest absolute Gasteiger partial charge is 0.251 e. The molecule has 0 spiro atoms. The summed E-state index contributed by atoms with van der Waals surface area (Å²) >= 11 is 7.40. The Balaban J connectivity index is 1.34. The summed E-state index contributed by atoms with van der Waals surface area (Å²) in [6.07, 6.45) is 0.0746. The van der Waals surface area contributed by atoms with Gasteiger partial charge in [-0.05, 0) is 42.0 Å². The second-order valence-corrected chi connectivity index (χ2v) is 8.88. The lowest BCUT2D eigenvalue weighted by Gasteiger charge is -2.36. The molecule has 0 unspecified atom stereocenters. The molecular formula is C23H22ClFN4O2S. The van der Waals surface area contributed by atoms with Gasteiger partial charge in [-0.1, -0.05) is 35.5 Å². The number of carbonyl (C=O) groups excluding carboxylic acids is 1. The molecule has 0 atom stereocenters. The summed E-state index contributed by atoms with van der Waals surface area (Å²) in [6, 6.07) is 15.2. The van der Waals surface area contributed by atoms with Crippen LogP contribution in [0.3, 0.4) is 0 Å². The molecule has 166 valence electrons. The Bertz CT molecular complexity index is 1150. The van der Waals surface area contributed by atoms with Crippen LogP contribution in [0, 0.1) is 5.82 Å². The van der Waals surface area contributed by atoms with E-state index in [9.17, 15) is 14.0 Å². The van der Waals surface area contributed by atoms with Crippen LogP contribution in [0.25, 0.3) is 0 Å². The largest absolute Gasteiger partial charge is 0.368 e. The van der Waals surface area contributed by atoms with Crippen LogP contribution < -0.4 is 10.5 Å². The molecule has 0 aliphatic carbocycles. The normalized spacial score (nSPS) is 13.9. The Hall–Kier alpha value is -2.84. The minimum atomic E-state index is -0.280. The molecule has 1 aliphatic rings. The molecular weight excluding hydrogens is 451 g/mol. The number of hydrogen-bond donors (Lipinski definition) is 1. The van der Waals surface area contributed by atoms with Crippen LogP contribution in [-0.4, -0.2) is 47.0 Å². The van der Waals surface area contributed by atoms with Crippen LogP contribution in [0.4, 0.5) is 10.1 Å². The first kappa shape index (κ1) is 22.4. The van der Waals surface area contributed by atoms with Gasteiger partial charge in [-0.25, -0.2) is 9.37 Å². The lowest BCUT2D eigenvalue weighted by Crippen LogP contribution is -2.49. The number of aromatic amines is 1. The number of aromatic nitrogens is 2. The number of nitrogens with zero attached hydrogens (tertiary/aromatic N) is 3. The summed E-state index contributed by atoms with van der Waals surface area (Å²) in [5.74, 6) is 0.275. The molecule has 2 heterocycles. The molecule has 1 amide bonds. The second-order valence-electron chi connectivity index (χ2n) is 7.48. The highest BCUT2D eigenvalue weighted by Gasteiger charge is 2.22. The molecule has 0 saturated carbocycles. The molecule has 3 aromatic rings. The van der Waals surface area contributed by atoms with Crippen LogP contribution in [0.15, 0.2) is 64.5 Å². The van der Waals surface area contributed by atoms with Gasteiger partial charge in [0.2, 0.25) is 5.91 Å². The van der Waals surface area contributed by atoms with Gasteiger partial charge in [0, 0.05) is 48.7 Å². The predicted molar refractivity (Wildman–Crippen MR) is 125 cm³/mol. The minimum Gasteiger partial charge on any atom is -0.368 e. The van der Waals surface area contributed by atoms with E-state index < -0.39 is 0 Å². The average Bonchev–Trinajstić information content (AvgIpc) is 2.78. The number of hydrogen-bond acceptors (Lipinski definition) is 5. The maximum absolute atomic E-state index is 13.1. The van der Waals surface area contributed by atoms with Crippen molar-refractivity contribution in [2.75, 3.05) is 31.1 Å². The van der Waals surface area contributed by atoms with Crippen LogP contribution in [0.5, 0.6) is 0 Å². The zero-order chi connectivity index (χ0) is 22.5. The van der Waals surface area contributed by atoms with Gasteiger partial charge in [-0.3, -0.25) is 9.59 Å². The Morgan fingerprint density at radius 1 is 1.09 bits per heavy atom. The molecule has 1 aliphatic heterocycles. The second kappa shape index (κ2) is 10.2. The molecule has 9 heteroatoms. The average molecular weight is 473 g/mol. The van der Waals surface area contributed by atoms with E-state index in [2.05, 4.69) is 14.9 Å². The number of piperazine rings is 1. The van der Waals surface area contributed by atoms with Crippen molar-refractivity contribution < 1.29 is 9.18 Å². The van der Waals surface area contributed by atoms with Gasteiger partial charge in [0.25, 0.3) is 5.56 Å². The number of carbonyl (C=O) groups is 1. The first-order valence-corrected chi connectivity index (χ1v) is 11.6. The van der Waals surface area contributed by atoms with Crippen molar-refractivity contribution in [3.63, 3.8) is 0 Å². The third kappa shape index (κ3) is 5.89. The number of anilines is 1. The van der Waals surface area contributed by atoms with E-state index in [-0.39, 0.29) is 23.7 Å². The van der Waals surface area contributed by atoms with Crippen molar-refractivity contribution >= 4 is 35.0 Å². The zero-order valence-corrected chi connectivity index (χ0v) is 18.8. The van der Waals surface area contributed by atoms with E-state index >= 15 is 0 Å². The topological polar surface area (TPSA) is 69.3 Å². The summed E-state index contributed by atoms with van der Waals surface area (Å²) < 4.78 is 13.1. The summed E-state index contributed by atoms with van der Waals surface area (Å²) in [4.78, 5) is 35.9. The number of amides is 1. The quantitative estimate of drug-likeness (QED) is 0.437. The summed E-state index contributed by atoms with van der Waals surface area (Å²) in [5.41, 5.74) is 2.13. The molecule has 0 radical (unpaired) electrons. The predicted octanol–water partition coefficient (Wildman–Crippen LogP) is 3.75. The maximum Gasteiger partial charge on any atom is 0.251 e. The molecule has 1 aromatic heterocycles. The highest BCUT2D eigenvalue weighted by atomic mass is 35.5. The first-order chi connectivity index (χ1) is 15.5. The van der Waals surface area contributed by atoms with E-state index in [1.807, 2.05) is 24.3 Å². The molecule has 32 heavy (non-hydrogen) atoms. The lowest BCUT2D eigenvalue weighted by atomic mass is 10.2. The fourth-order valence-electron chi connectivity index (χ4n) is 3.55. The summed E-state index contributed by atoms with van der Waals surface area (Å²) in [6.45, 7) is 2.47. The maximum atomic E-state index is 13.1. The van der Waals surface area contributed by atoms with Crippen LogP contribution in [0.1, 0.15) is 11.3 Å². The minimum absolute atomic E-state index is 0.0624. The third-order valence-corrected chi connectivity index (χ3v) is 6.37. The monoisotopic (exact) mass is 472 g/mol. The van der Waals surface area contributed by atoms with Crippen molar-refractivity contribution in [3.05, 3.63) is 87.0 Å². The Kier molecular flexibility index (Phi) is 7.12. The molecule has 2 aromatic carbocycles. The molecule has 6 nitrogen and oxygen atoms in total. The fraction of sp³-hybridized carbons (Fsp3) is 0.261. The third-order valence-electron chi connectivity index (χ3n) is 5.19. The van der Waals surface area contributed by atoms with Gasteiger partial charge < -0.3 is 14.8 Å². The van der Waals surface area contributed by atoms with E-state index in [0.717, 1.165) is 11.3 Å². The highest BCUT2D eigenvalue weighted by Crippen LogP contribution is 2.21. The first-order valence-electron chi connectivity index (χ1n) is 10.2. The SMILES string of the molecule is O=C(Cc1cc(=O)[nH]c(SCc2cccc(Cl)c2)n1)N1CCN(c2ccc(F)cc2)CC1. The van der Waals surface area contributed by atoms with E-state index in [0.29, 0.717) is 47.8 Å². The molecule has 1 saturated heterocycles. The van der Waals surface area contributed by atoms with Crippen molar-refractivity contribution in [2.45, 2.75) is 17.3 Å². The van der Waals surface area contributed by atoms with E-state index in [1.54, 1.807) is 17.0 Å². The van der Waals surface area contributed by atoms with Gasteiger partial charge >= 0.3 is 0 Å². The number of nitrogens with one attached hydrogen (secondary N) is 1. The lowest BCUT2D eigenvalue weighted by molar-refractivity contribution is -0.130. The van der Waals surface area contributed by atoms with Crippen molar-refractivity contribution in [1.82, 2.24) is 14.9 Å². The Morgan fingerprint density at radius 2 is 1.84 bits per heavy atom. The number of thioether (sulfide) groups is 1.